The number of carbonyl (C=O) groups is 2. The second kappa shape index (κ2) is 8.97. The summed E-state index contributed by atoms with van der Waals surface area (Å²) in [5.74, 6) is -0.208. The molecule has 5 nitrogen and oxygen atoms in total. The highest BCUT2D eigenvalue weighted by Gasteiger charge is 2.14. The smallest absolute Gasteiger partial charge is 0.252 e. The number of hydrogen-bond donors (Lipinski definition) is 1. The summed E-state index contributed by atoms with van der Waals surface area (Å²) in [6.45, 7) is 2.70. The van der Waals surface area contributed by atoms with Gasteiger partial charge in [0.1, 0.15) is 0 Å². The van der Waals surface area contributed by atoms with Gasteiger partial charge in [0.05, 0.1) is 11.1 Å². The minimum absolute atomic E-state index is 0.0103. The van der Waals surface area contributed by atoms with Crippen LogP contribution in [0.5, 0.6) is 0 Å². The van der Waals surface area contributed by atoms with Crippen LogP contribution in [0.2, 0.25) is 0 Å². The van der Waals surface area contributed by atoms with Gasteiger partial charge in [-0.15, -0.1) is 0 Å². The van der Waals surface area contributed by atoms with Gasteiger partial charge >= 0.3 is 0 Å². The van der Waals surface area contributed by atoms with Gasteiger partial charge in [0.25, 0.3) is 5.91 Å². The third-order valence-corrected chi connectivity index (χ3v) is 4.95. The van der Waals surface area contributed by atoms with Crippen molar-refractivity contribution >= 4 is 38.6 Å². The molecule has 1 N–H and O–H groups in total. The quantitative estimate of drug-likeness (QED) is 0.628. The SMILES string of the molecule is Cc1cc(C(=O)NCCC(=O)N(C)Cc2ccccc2)c2ccc(Br)cc2n1. The molecule has 0 unspecified atom stereocenters. The lowest BCUT2D eigenvalue weighted by atomic mass is 10.1. The minimum atomic E-state index is -0.198. The largest absolute Gasteiger partial charge is 0.351 e. The molecule has 0 spiro atoms. The number of halogens is 1. The van der Waals surface area contributed by atoms with Crippen molar-refractivity contribution in [1.82, 2.24) is 15.2 Å². The average molecular weight is 440 g/mol. The zero-order valence-electron chi connectivity index (χ0n) is 15.9. The van der Waals surface area contributed by atoms with Crippen LogP contribution in [-0.4, -0.2) is 35.3 Å². The Morgan fingerprint density at radius 3 is 2.61 bits per heavy atom. The number of aromatic nitrogens is 1. The van der Waals surface area contributed by atoms with Crippen LogP contribution in [0.15, 0.2) is 59.1 Å². The number of pyridine rings is 1. The Morgan fingerprint density at radius 2 is 1.86 bits per heavy atom. The first-order chi connectivity index (χ1) is 13.4. The van der Waals surface area contributed by atoms with Gasteiger partial charge in [-0.2, -0.15) is 0 Å². The van der Waals surface area contributed by atoms with Crippen molar-refractivity contribution in [3.8, 4) is 0 Å². The van der Waals surface area contributed by atoms with Crippen LogP contribution in [0.25, 0.3) is 10.9 Å². The monoisotopic (exact) mass is 439 g/mol. The maximum atomic E-state index is 12.7. The van der Waals surface area contributed by atoms with Crippen LogP contribution < -0.4 is 5.32 Å². The number of fused-ring (bicyclic) bond motifs is 1. The maximum Gasteiger partial charge on any atom is 0.252 e. The first kappa shape index (κ1) is 20.0. The fourth-order valence-corrected chi connectivity index (χ4v) is 3.39. The molecule has 2 amide bonds. The van der Waals surface area contributed by atoms with E-state index < -0.39 is 0 Å². The first-order valence-electron chi connectivity index (χ1n) is 9.07. The van der Waals surface area contributed by atoms with E-state index in [2.05, 4.69) is 26.2 Å². The summed E-state index contributed by atoms with van der Waals surface area (Å²) in [6, 6.07) is 17.3. The number of carbonyl (C=O) groups excluding carboxylic acids is 2. The molecule has 0 saturated carbocycles. The van der Waals surface area contributed by atoms with Gasteiger partial charge in [-0.05, 0) is 30.7 Å². The molecule has 28 heavy (non-hydrogen) atoms. The Bertz CT molecular complexity index is 1000. The summed E-state index contributed by atoms with van der Waals surface area (Å²) in [5.41, 5.74) is 3.18. The molecule has 0 saturated heterocycles. The molecule has 0 aliphatic carbocycles. The fourth-order valence-electron chi connectivity index (χ4n) is 3.04. The Balaban J connectivity index is 1.60. The van der Waals surface area contributed by atoms with Gasteiger partial charge in [-0.25, -0.2) is 0 Å². The van der Waals surface area contributed by atoms with E-state index in [1.165, 1.54) is 0 Å². The van der Waals surface area contributed by atoms with Gasteiger partial charge in [-0.1, -0.05) is 52.3 Å². The van der Waals surface area contributed by atoms with E-state index >= 15 is 0 Å². The maximum absolute atomic E-state index is 12.7. The van der Waals surface area contributed by atoms with Crippen LogP contribution in [0.1, 0.15) is 28.0 Å². The summed E-state index contributed by atoms with van der Waals surface area (Å²) in [4.78, 5) is 31.1. The fraction of sp³-hybridized carbons (Fsp3) is 0.227. The molecule has 6 heteroatoms. The molecule has 0 radical (unpaired) electrons. The van der Waals surface area contributed by atoms with E-state index in [0.717, 1.165) is 26.6 Å². The second-order valence-corrected chi connectivity index (χ2v) is 7.63. The van der Waals surface area contributed by atoms with Crippen molar-refractivity contribution in [2.24, 2.45) is 0 Å². The lowest BCUT2D eigenvalue weighted by Crippen LogP contribution is -2.32. The van der Waals surface area contributed by atoms with Crippen molar-refractivity contribution < 1.29 is 9.59 Å². The van der Waals surface area contributed by atoms with E-state index in [-0.39, 0.29) is 24.8 Å². The predicted octanol–water partition coefficient (Wildman–Crippen LogP) is 4.08. The normalized spacial score (nSPS) is 10.7. The molecule has 0 atom stereocenters. The van der Waals surface area contributed by atoms with Gasteiger partial charge < -0.3 is 10.2 Å². The Labute approximate surface area is 172 Å². The Hall–Kier alpha value is -2.73. The highest BCUT2D eigenvalue weighted by molar-refractivity contribution is 9.10. The first-order valence-corrected chi connectivity index (χ1v) is 9.86. The number of benzene rings is 2. The highest BCUT2D eigenvalue weighted by atomic mass is 79.9. The molecule has 3 aromatic rings. The van der Waals surface area contributed by atoms with Gasteiger partial charge in [0.15, 0.2) is 0 Å². The van der Waals surface area contributed by atoms with Crippen LogP contribution >= 0.6 is 15.9 Å². The molecule has 3 rings (SSSR count). The standard InChI is InChI=1S/C22H22BrN3O2/c1-15-12-19(18-9-8-17(23)13-20(18)25-15)22(28)24-11-10-21(27)26(2)14-16-6-4-3-5-7-16/h3-9,12-13H,10-11,14H2,1-2H3,(H,24,28). The number of nitrogens with one attached hydrogen (secondary N) is 1. The highest BCUT2D eigenvalue weighted by Crippen LogP contribution is 2.22. The molecule has 144 valence electrons. The number of nitrogens with zero attached hydrogens (tertiary/aromatic N) is 2. The van der Waals surface area contributed by atoms with Crippen molar-refractivity contribution in [3.05, 3.63) is 75.9 Å². The van der Waals surface area contributed by atoms with Crippen molar-refractivity contribution in [2.45, 2.75) is 19.9 Å². The minimum Gasteiger partial charge on any atom is -0.351 e. The van der Waals surface area contributed by atoms with Gasteiger partial charge in [0.2, 0.25) is 5.91 Å². The summed E-state index contributed by atoms with van der Waals surface area (Å²) in [5, 5.41) is 3.65. The summed E-state index contributed by atoms with van der Waals surface area (Å²) in [7, 11) is 1.77. The molecular formula is C22H22BrN3O2. The summed E-state index contributed by atoms with van der Waals surface area (Å²) < 4.78 is 0.913. The molecule has 2 aromatic carbocycles. The van der Waals surface area contributed by atoms with E-state index in [0.29, 0.717) is 12.1 Å². The summed E-state index contributed by atoms with van der Waals surface area (Å²) >= 11 is 3.43. The molecule has 0 aliphatic rings. The van der Waals surface area contributed by atoms with Crippen molar-refractivity contribution in [1.29, 1.82) is 0 Å². The molecule has 0 fully saturated rings. The third kappa shape index (κ3) is 4.95. The van der Waals surface area contributed by atoms with E-state index in [9.17, 15) is 9.59 Å². The van der Waals surface area contributed by atoms with Crippen LogP contribution in [-0.2, 0) is 11.3 Å². The van der Waals surface area contributed by atoms with Gasteiger partial charge in [-0.3, -0.25) is 14.6 Å². The molecular weight excluding hydrogens is 418 g/mol. The lowest BCUT2D eigenvalue weighted by Gasteiger charge is -2.17. The second-order valence-electron chi connectivity index (χ2n) is 6.71. The van der Waals surface area contributed by atoms with Crippen LogP contribution in [0.3, 0.4) is 0 Å². The van der Waals surface area contributed by atoms with E-state index in [1.54, 1.807) is 18.0 Å². The topological polar surface area (TPSA) is 62.3 Å². The number of hydrogen-bond acceptors (Lipinski definition) is 3. The molecule has 1 heterocycles. The van der Waals surface area contributed by atoms with Gasteiger partial charge in [0, 0.05) is 42.1 Å². The van der Waals surface area contributed by atoms with E-state index in [1.807, 2.05) is 55.5 Å². The zero-order chi connectivity index (χ0) is 20.1. The average Bonchev–Trinajstić information content (AvgIpc) is 2.67. The zero-order valence-corrected chi connectivity index (χ0v) is 17.5. The van der Waals surface area contributed by atoms with Crippen LogP contribution in [0.4, 0.5) is 0 Å². The van der Waals surface area contributed by atoms with Crippen molar-refractivity contribution in [2.75, 3.05) is 13.6 Å². The molecule has 1 aromatic heterocycles. The lowest BCUT2D eigenvalue weighted by molar-refractivity contribution is -0.130. The number of amides is 2. The summed E-state index contributed by atoms with van der Waals surface area (Å²) in [6.07, 6.45) is 0.253. The Morgan fingerprint density at radius 1 is 1.11 bits per heavy atom. The third-order valence-electron chi connectivity index (χ3n) is 4.46. The van der Waals surface area contributed by atoms with E-state index in [4.69, 9.17) is 0 Å². The predicted molar refractivity (Wildman–Crippen MR) is 114 cm³/mol. The Kier molecular flexibility index (Phi) is 6.41. The number of rotatable bonds is 6. The molecule has 0 bridgehead atoms. The van der Waals surface area contributed by atoms with Crippen LogP contribution in [0, 0.1) is 6.92 Å². The number of aryl methyl sites for hydroxylation is 1. The van der Waals surface area contributed by atoms with Crippen molar-refractivity contribution in [3.63, 3.8) is 0 Å². The molecule has 0 aliphatic heterocycles.